The second kappa shape index (κ2) is 7.04. The van der Waals surface area contributed by atoms with Crippen LogP contribution in [0, 0.1) is 5.92 Å². The Bertz CT molecular complexity index is 627. The predicted molar refractivity (Wildman–Crippen MR) is 78.4 cm³/mol. The lowest BCUT2D eigenvalue weighted by molar-refractivity contribution is -0.156. The van der Waals surface area contributed by atoms with Crippen LogP contribution in [0.3, 0.4) is 0 Å². The fourth-order valence-corrected chi connectivity index (χ4v) is 2.56. The molecule has 122 valence electrons. The Balaban J connectivity index is 2.30. The van der Waals surface area contributed by atoms with Gasteiger partial charge in [-0.1, -0.05) is 18.2 Å². The van der Waals surface area contributed by atoms with Gasteiger partial charge in [-0.3, -0.25) is 14.4 Å². The molecule has 23 heavy (non-hydrogen) atoms. The minimum Gasteiger partial charge on any atom is -0.468 e. The Kier molecular flexibility index (Phi) is 5.10. The van der Waals surface area contributed by atoms with Gasteiger partial charge in [0.05, 0.1) is 20.8 Å². The first kappa shape index (κ1) is 16.7. The van der Waals surface area contributed by atoms with E-state index in [0.717, 1.165) is 4.90 Å². The van der Waals surface area contributed by atoms with Gasteiger partial charge in [-0.15, -0.1) is 0 Å². The lowest BCUT2D eigenvalue weighted by atomic mass is 9.89. The fraction of sp³-hybridized carbons (Fsp3) is 0.375. The van der Waals surface area contributed by atoms with Crippen molar-refractivity contribution in [3.8, 4) is 0 Å². The van der Waals surface area contributed by atoms with Gasteiger partial charge >= 0.3 is 11.9 Å². The van der Waals surface area contributed by atoms with Gasteiger partial charge < -0.3 is 14.4 Å². The number of nitrogens with zero attached hydrogens (tertiary/aromatic N) is 1. The highest BCUT2D eigenvalue weighted by Crippen LogP contribution is 2.24. The zero-order valence-electron chi connectivity index (χ0n) is 12.9. The molecule has 1 aromatic rings. The molecular formula is C16H17NO6. The molecule has 0 spiro atoms. The summed E-state index contributed by atoms with van der Waals surface area (Å²) in [4.78, 5) is 49.5. The van der Waals surface area contributed by atoms with Crippen molar-refractivity contribution >= 4 is 23.6 Å². The molecule has 7 heteroatoms. The number of rotatable bonds is 3. The number of carbonyl (C=O) groups excluding carboxylic acids is 4. The third kappa shape index (κ3) is 3.39. The molecule has 2 atom stereocenters. The quantitative estimate of drug-likeness (QED) is 0.593. The van der Waals surface area contributed by atoms with E-state index in [1.165, 1.54) is 14.2 Å². The van der Waals surface area contributed by atoms with Crippen LogP contribution >= 0.6 is 0 Å². The minimum atomic E-state index is -1.07. The Morgan fingerprint density at radius 2 is 1.65 bits per heavy atom. The van der Waals surface area contributed by atoms with E-state index in [1.54, 1.807) is 30.3 Å². The number of benzene rings is 1. The van der Waals surface area contributed by atoms with Gasteiger partial charge in [0.1, 0.15) is 12.0 Å². The van der Waals surface area contributed by atoms with Crippen LogP contribution in [-0.4, -0.2) is 55.3 Å². The maximum absolute atomic E-state index is 12.6. The van der Waals surface area contributed by atoms with Crippen molar-refractivity contribution in [1.29, 1.82) is 0 Å². The standard InChI is InChI=1S/C16H17NO6/c1-22-15(20)11-8-12(16(21)23-2)17(9-13(11)18)14(19)10-6-4-3-5-7-10/h3-7,11-12H,8-9H2,1-2H3/t11-,12-/m1/s1. The Hall–Kier alpha value is -2.70. The molecule has 1 fully saturated rings. The Morgan fingerprint density at radius 3 is 2.22 bits per heavy atom. The van der Waals surface area contributed by atoms with Gasteiger partial charge in [-0.05, 0) is 18.6 Å². The summed E-state index contributed by atoms with van der Waals surface area (Å²) in [5, 5.41) is 0. The highest BCUT2D eigenvalue weighted by molar-refractivity contribution is 6.06. The van der Waals surface area contributed by atoms with Crippen LogP contribution in [0.1, 0.15) is 16.8 Å². The zero-order valence-corrected chi connectivity index (χ0v) is 12.9. The third-order valence-electron chi connectivity index (χ3n) is 3.79. The van der Waals surface area contributed by atoms with E-state index in [9.17, 15) is 19.2 Å². The van der Waals surface area contributed by atoms with Crippen LogP contribution in [-0.2, 0) is 23.9 Å². The Morgan fingerprint density at radius 1 is 1.04 bits per heavy atom. The second-order valence-corrected chi connectivity index (χ2v) is 5.12. The lowest BCUT2D eigenvalue weighted by Crippen LogP contribution is -2.55. The molecule has 1 aliphatic rings. The molecule has 0 saturated carbocycles. The number of piperidine rings is 1. The van der Waals surface area contributed by atoms with E-state index in [2.05, 4.69) is 4.74 Å². The number of ether oxygens (including phenoxy) is 2. The summed E-state index contributed by atoms with van der Waals surface area (Å²) < 4.78 is 9.29. The van der Waals surface area contributed by atoms with Crippen LogP contribution in [0.4, 0.5) is 0 Å². The molecule has 0 bridgehead atoms. The summed E-state index contributed by atoms with van der Waals surface area (Å²) >= 11 is 0. The molecule has 0 radical (unpaired) electrons. The van der Waals surface area contributed by atoms with Gasteiger partial charge in [0, 0.05) is 5.56 Å². The maximum atomic E-state index is 12.6. The smallest absolute Gasteiger partial charge is 0.328 e. The normalized spacial score (nSPS) is 20.8. The van der Waals surface area contributed by atoms with Gasteiger partial charge in [0.2, 0.25) is 0 Å². The molecule has 1 heterocycles. The SMILES string of the molecule is COC(=O)[C@@H]1C[C@H](C(=O)OC)N(C(=O)c2ccccc2)CC1=O. The third-order valence-corrected chi connectivity index (χ3v) is 3.79. The van der Waals surface area contributed by atoms with Crippen molar-refractivity contribution in [3.63, 3.8) is 0 Å². The lowest BCUT2D eigenvalue weighted by Gasteiger charge is -2.35. The van der Waals surface area contributed by atoms with Crippen molar-refractivity contribution in [3.05, 3.63) is 35.9 Å². The first-order chi connectivity index (χ1) is 11.0. The summed E-state index contributed by atoms with van der Waals surface area (Å²) in [5.74, 6) is -3.37. The van der Waals surface area contributed by atoms with Gasteiger partial charge in [0.25, 0.3) is 5.91 Å². The number of likely N-dealkylation sites (tertiary alicyclic amines) is 1. The van der Waals surface area contributed by atoms with Gasteiger partial charge in [-0.25, -0.2) is 4.79 Å². The fourth-order valence-electron chi connectivity index (χ4n) is 2.56. The van der Waals surface area contributed by atoms with Crippen molar-refractivity contribution in [1.82, 2.24) is 4.90 Å². The maximum Gasteiger partial charge on any atom is 0.328 e. The number of carbonyl (C=O) groups is 4. The predicted octanol–water partition coefficient (Wildman–Crippen LogP) is 0.432. The monoisotopic (exact) mass is 319 g/mol. The molecule has 2 rings (SSSR count). The van der Waals surface area contributed by atoms with Gasteiger partial charge in [-0.2, -0.15) is 0 Å². The van der Waals surface area contributed by atoms with E-state index < -0.39 is 35.6 Å². The second-order valence-electron chi connectivity index (χ2n) is 5.12. The molecule has 0 N–H and O–H groups in total. The van der Waals surface area contributed by atoms with Crippen LogP contribution in [0.25, 0.3) is 0 Å². The summed E-state index contributed by atoms with van der Waals surface area (Å²) in [5.41, 5.74) is 0.353. The molecule has 1 aromatic carbocycles. The van der Waals surface area contributed by atoms with E-state index in [1.807, 2.05) is 0 Å². The average Bonchev–Trinajstić information content (AvgIpc) is 2.60. The number of hydrogen-bond donors (Lipinski definition) is 0. The summed E-state index contributed by atoms with van der Waals surface area (Å²) in [6, 6.07) is 7.30. The van der Waals surface area contributed by atoms with E-state index in [0.29, 0.717) is 5.56 Å². The number of amides is 1. The van der Waals surface area contributed by atoms with E-state index in [-0.39, 0.29) is 13.0 Å². The molecule has 0 aliphatic carbocycles. The zero-order chi connectivity index (χ0) is 17.0. The molecule has 1 saturated heterocycles. The largest absolute Gasteiger partial charge is 0.468 e. The summed E-state index contributed by atoms with van der Waals surface area (Å²) in [6.07, 6.45) is -0.142. The van der Waals surface area contributed by atoms with Crippen LogP contribution in [0.5, 0.6) is 0 Å². The topological polar surface area (TPSA) is 90.0 Å². The summed E-state index contributed by atoms with van der Waals surface area (Å²) in [7, 11) is 2.36. The van der Waals surface area contributed by atoms with Crippen molar-refractivity contribution in [2.24, 2.45) is 5.92 Å². The van der Waals surface area contributed by atoms with Crippen molar-refractivity contribution < 1.29 is 28.7 Å². The molecule has 0 unspecified atom stereocenters. The number of esters is 2. The minimum absolute atomic E-state index is 0.142. The number of ketones is 1. The number of Topliss-reactive ketones (excluding diaryl/α,β-unsaturated/α-hetero) is 1. The molecule has 0 aromatic heterocycles. The first-order valence-corrected chi connectivity index (χ1v) is 7.04. The molecular weight excluding hydrogens is 302 g/mol. The Labute approximate surface area is 133 Å². The molecule has 7 nitrogen and oxygen atoms in total. The number of methoxy groups -OCH3 is 2. The average molecular weight is 319 g/mol. The number of hydrogen-bond acceptors (Lipinski definition) is 6. The van der Waals surface area contributed by atoms with E-state index >= 15 is 0 Å². The highest BCUT2D eigenvalue weighted by atomic mass is 16.5. The van der Waals surface area contributed by atoms with Crippen molar-refractivity contribution in [2.45, 2.75) is 12.5 Å². The molecule has 1 aliphatic heterocycles. The van der Waals surface area contributed by atoms with Crippen LogP contribution < -0.4 is 0 Å². The van der Waals surface area contributed by atoms with Gasteiger partial charge in [0.15, 0.2) is 5.78 Å². The summed E-state index contributed by atoms with van der Waals surface area (Å²) in [6.45, 7) is -0.340. The van der Waals surface area contributed by atoms with Crippen LogP contribution in [0.2, 0.25) is 0 Å². The van der Waals surface area contributed by atoms with Crippen LogP contribution in [0.15, 0.2) is 30.3 Å². The molecule has 1 amide bonds. The van der Waals surface area contributed by atoms with Crippen molar-refractivity contribution in [2.75, 3.05) is 20.8 Å². The first-order valence-electron chi connectivity index (χ1n) is 7.04. The highest BCUT2D eigenvalue weighted by Gasteiger charge is 2.44. The van der Waals surface area contributed by atoms with E-state index in [4.69, 9.17) is 4.74 Å².